The number of amides is 2. The highest BCUT2D eigenvalue weighted by atomic mass is 32.1. The third kappa shape index (κ3) is 2.98. The molecule has 102 valence electrons. The second kappa shape index (κ2) is 5.48. The summed E-state index contributed by atoms with van der Waals surface area (Å²) in [5.74, 6) is -1.16. The number of aromatic nitrogens is 1. The zero-order valence-corrected chi connectivity index (χ0v) is 11.9. The smallest absolute Gasteiger partial charge is 0.261 e. The fraction of sp³-hybridized carbons (Fsp3) is 0.500. The van der Waals surface area contributed by atoms with E-state index in [1.807, 2.05) is 13.8 Å². The van der Waals surface area contributed by atoms with Crippen LogP contribution in [0.1, 0.15) is 20.8 Å². The Morgan fingerprint density at radius 3 is 2.89 bits per heavy atom. The van der Waals surface area contributed by atoms with E-state index in [-0.39, 0.29) is 11.8 Å². The molecular weight excluding hydrogens is 264 g/mol. The number of thiazole rings is 1. The molecule has 0 fully saturated rings. The van der Waals surface area contributed by atoms with Crippen molar-refractivity contribution < 1.29 is 9.59 Å². The van der Waals surface area contributed by atoms with Crippen LogP contribution >= 0.6 is 11.3 Å². The van der Waals surface area contributed by atoms with E-state index in [2.05, 4.69) is 15.4 Å². The molecule has 0 radical (unpaired) electrons. The number of carbonyl (C=O) groups is 2. The molecule has 1 aromatic rings. The Balaban J connectivity index is 2.07. The largest absolute Gasteiger partial charge is 0.301 e. The summed E-state index contributed by atoms with van der Waals surface area (Å²) in [6, 6.07) is 0. The number of hydrogen-bond acceptors (Lipinski definition) is 5. The molecule has 1 aromatic heterocycles. The monoisotopic (exact) mass is 280 g/mol. The molecule has 1 atom stereocenters. The molecule has 1 N–H and O–H groups in total. The minimum absolute atomic E-state index is 0.264. The lowest BCUT2D eigenvalue weighted by atomic mass is 10.0. The molecule has 0 aromatic carbocycles. The summed E-state index contributed by atoms with van der Waals surface area (Å²) in [4.78, 5) is 28.2. The van der Waals surface area contributed by atoms with Crippen LogP contribution < -0.4 is 5.32 Å². The van der Waals surface area contributed by atoms with Crippen LogP contribution in [0.4, 0.5) is 5.13 Å². The van der Waals surface area contributed by atoms with E-state index in [0.29, 0.717) is 23.3 Å². The van der Waals surface area contributed by atoms with Gasteiger partial charge in [0.15, 0.2) is 11.0 Å². The molecule has 0 saturated carbocycles. The molecule has 0 bridgehead atoms. The second-order valence-electron chi connectivity index (χ2n) is 4.82. The SMILES string of the molecule is CC1=NN(CC(C)C)C(=O)C1C(=O)Nc1nccs1. The molecule has 19 heavy (non-hydrogen) atoms. The zero-order valence-electron chi connectivity index (χ0n) is 11.1. The summed E-state index contributed by atoms with van der Waals surface area (Å²) in [5, 5.41) is 10.4. The highest BCUT2D eigenvalue weighted by Crippen LogP contribution is 2.20. The lowest BCUT2D eigenvalue weighted by molar-refractivity contribution is -0.136. The van der Waals surface area contributed by atoms with E-state index in [1.165, 1.54) is 16.3 Å². The maximum Gasteiger partial charge on any atom is 0.261 e. The van der Waals surface area contributed by atoms with Crippen LogP contribution in [0.3, 0.4) is 0 Å². The predicted molar refractivity (Wildman–Crippen MR) is 73.9 cm³/mol. The topological polar surface area (TPSA) is 74.7 Å². The van der Waals surface area contributed by atoms with Gasteiger partial charge >= 0.3 is 0 Å². The number of nitrogens with zero attached hydrogens (tertiary/aromatic N) is 3. The molecule has 2 heterocycles. The fourth-order valence-electron chi connectivity index (χ4n) is 1.87. The third-order valence-electron chi connectivity index (χ3n) is 2.66. The van der Waals surface area contributed by atoms with Crippen LogP contribution in [0.15, 0.2) is 16.7 Å². The van der Waals surface area contributed by atoms with Crippen molar-refractivity contribution in [3.05, 3.63) is 11.6 Å². The Hall–Kier alpha value is -1.76. The van der Waals surface area contributed by atoms with Gasteiger partial charge in [0.25, 0.3) is 5.91 Å². The molecule has 0 saturated heterocycles. The average molecular weight is 280 g/mol. The van der Waals surface area contributed by atoms with Gasteiger partial charge in [-0.15, -0.1) is 11.3 Å². The van der Waals surface area contributed by atoms with Crippen molar-refractivity contribution in [3.8, 4) is 0 Å². The molecule has 0 aliphatic carbocycles. The summed E-state index contributed by atoms with van der Waals surface area (Å²) in [7, 11) is 0. The number of hydrogen-bond donors (Lipinski definition) is 1. The van der Waals surface area contributed by atoms with Gasteiger partial charge in [-0.05, 0) is 12.8 Å². The maximum absolute atomic E-state index is 12.2. The fourth-order valence-corrected chi connectivity index (χ4v) is 2.40. The van der Waals surface area contributed by atoms with Crippen molar-refractivity contribution >= 4 is 34.0 Å². The lowest BCUT2D eigenvalue weighted by Gasteiger charge is -2.15. The first-order valence-electron chi connectivity index (χ1n) is 6.06. The number of nitrogens with one attached hydrogen (secondary N) is 1. The predicted octanol–water partition coefficient (Wildman–Crippen LogP) is 1.57. The van der Waals surface area contributed by atoms with E-state index in [1.54, 1.807) is 18.5 Å². The quantitative estimate of drug-likeness (QED) is 0.851. The highest BCUT2D eigenvalue weighted by Gasteiger charge is 2.39. The number of rotatable bonds is 4. The van der Waals surface area contributed by atoms with Crippen molar-refractivity contribution in [3.63, 3.8) is 0 Å². The number of carbonyl (C=O) groups excluding carboxylic acids is 2. The van der Waals surface area contributed by atoms with Gasteiger partial charge in [-0.25, -0.2) is 9.99 Å². The first-order valence-corrected chi connectivity index (χ1v) is 6.94. The van der Waals surface area contributed by atoms with Crippen LogP contribution in [-0.2, 0) is 9.59 Å². The molecule has 6 nitrogen and oxygen atoms in total. The van der Waals surface area contributed by atoms with E-state index >= 15 is 0 Å². The van der Waals surface area contributed by atoms with Crippen molar-refractivity contribution in [1.82, 2.24) is 9.99 Å². The van der Waals surface area contributed by atoms with Gasteiger partial charge in [-0.2, -0.15) is 5.10 Å². The van der Waals surface area contributed by atoms with Crippen LogP contribution in [0.25, 0.3) is 0 Å². The van der Waals surface area contributed by atoms with Crippen molar-refractivity contribution in [2.24, 2.45) is 16.9 Å². The molecule has 2 rings (SSSR count). The third-order valence-corrected chi connectivity index (χ3v) is 3.35. The second-order valence-corrected chi connectivity index (χ2v) is 5.71. The normalized spacial score (nSPS) is 18.9. The molecule has 1 aliphatic heterocycles. The number of anilines is 1. The molecular formula is C12H16N4O2S. The minimum atomic E-state index is -0.831. The Morgan fingerprint density at radius 2 is 2.32 bits per heavy atom. The van der Waals surface area contributed by atoms with Gasteiger partial charge in [0.2, 0.25) is 5.91 Å². The van der Waals surface area contributed by atoms with Crippen molar-refractivity contribution in [1.29, 1.82) is 0 Å². The molecule has 0 spiro atoms. The number of hydrazone groups is 1. The summed E-state index contributed by atoms with van der Waals surface area (Å²) in [6.07, 6.45) is 1.60. The summed E-state index contributed by atoms with van der Waals surface area (Å²) >= 11 is 1.32. The Labute approximate surface area is 115 Å². The van der Waals surface area contributed by atoms with Crippen molar-refractivity contribution in [2.45, 2.75) is 20.8 Å². The van der Waals surface area contributed by atoms with Gasteiger partial charge in [-0.1, -0.05) is 13.8 Å². The standard InChI is InChI=1S/C12H16N4O2S/c1-7(2)6-16-11(18)9(8(3)15-16)10(17)14-12-13-4-5-19-12/h4-5,7,9H,6H2,1-3H3,(H,13,14,17). The van der Waals surface area contributed by atoms with Crippen LogP contribution in [0, 0.1) is 11.8 Å². The van der Waals surface area contributed by atoms with Crippen LogP contribution in [0.5, 0.6) is 0 Å². The van der Waals surface area contributed by atoms with Gasteiger partial charge in [0.05, 0.1) is 5.71 Å². The molecule has 1 unspecified atom stereocenters. The summed E-state index contributed by atoms with van der Waals surface area (Å²) in [5.41, 5.74) is 0.528. The van der Waals surface area contributed by atoms with Crippen molar-refractivity contribution in [2.75, 3.05) is 11.9 Å². The van der Waals surface area contributed by atoms with Crippen LogP contribution in [-0.4, -0.2) is 34.1 Å². The Morgan fingerprint density at radius 1 is 1.58 bits per heavy atom. The molecule has 2 amide bonds. The summed E-state index contributed by atoms with van der Waals surface area (Å²) in [6.45, 7) is 6.23. The molecule has 7 heteroatoms. The average Bonchev–Trinajstić information content (AvgIpc) is 2.88. The highest BCUT2D eigenvalue weighted by molar-refractivity contribution is 7.13. The minimum Gasteiger partial charge on any atom is -0.301 e. The van der Waals surface area contributed by atoms with Gasteiger partial charge in [0.1, 0.15) is 0 Å². The molecule has 1 aliphatic rings. The lowest BCUT2D eigenvalue weighted by Crippen LogP contribution is -2.37. The van der Waals surface area contributed by atoms with Gasteiger partial charge in [-0.3, -0.25) is 9.59 Å². The van der Waals surface area contributed by atoms with E-state index in [9.17, 15) is 9.59 Å². The van der Waals surface area contributed by atoms with Crippen LogP contribution in [0.2, 0.25) is 0 Å². The van der Waals surface area contributed by atoms with E-state index in [4.69, 9.17) is 0 Å². The van der Waals surface area contributed by atoms with E-state index in [0.717, 1.165) is 0 Å². The first kappa shape index (κ1) is 13.7. The van der Waals surface area contributed by atoms with Gasteiger partial charge in [0, 0.05) is 18.1 Å². The van der Waals surface area contributed by atoms with Gasteiger partial charge < -0.3 is 5.32 Å². The van der Waals surface area contributed by atoms with E-state index < -0.39 is 5.92 Å². The Kier molecular flexibility index (Phi) is 3.94. The first-order chi connectivity index (χ1) is 8.99. The summed E-state index contributed by atoms with van der Waals surface area (Å²) < 4.78 is 0. The maximum atomic E-state index is 12.2. The Bertz CT molecular complexity index is 510. The zero-order chi connectivity index (χ0) is 14.0.